The Labute approximate surface area is 179 Å². The molecule has 2 aromatic rings. The third kappa shape index (κ3) is 5.30. The van der Waals surface area contributed by atoms with Crippen LogP contribution in [0.3, 0.4) is 0 Å². The molecule has 0 amide bonds. The average molecular weight is 430 g/mol. The fraction of sp³-hybridized carbons (Fsp3) is 0.500. The van der Waals surface area contributed by atoms with Crippen molar-refractivity contribution in [1.82, 2.24) is 5.06 Å². The number of sulfone groups is 1. The summed E-state index contributed by atoms with van der Waals surface area (Å²) in [7, 11) is -3.21. The number of piperidine rings is 1. The predicted octanol–water partition coefficient (Wildman–Crippen LogP) is 4.24. The molecule has 2 fully saturated rings. The molecule has 2 saturated heterocycles. The number of hydrogen-bond donors (Lipinski definition) is 0. The lowest BCUT2D eigenvalue weighted by Crippen LogP contribution is -2.37. The maximum absolute atomic E-state index is 12.5. The molecule has 2 heterocycles. The molecule has 2 aromatic carbocycles. The van der Waals surface area contributed by atoms with Gasteiger partial charge in [-0.25, -0.2) is 8.42 Å². The third-order valence-electron chi connectivity index (χ3n) is 6.20. The number of hydroxylamine groups is 2. The van der Waals surface area contributed by atoms with Crippen molar-refractivity contribution in [2.75, 3.05) is 18.9 Å². The summed E-state index contributed by atoms with van der Waals surface area (Å²) in [5, 5.41) is 2.12. The Bertz CT molecular complexity index is 888. The second-order valence-corrected chi connectivity index (χ2v) is 10.4. The zero-order valence-corrected chi connectivity index (χ0v) is 18.2. The first-order chi connectivity index (χ1) is 14.6. The van der Waals surface area contributed by atoms with Crippen LogP contribution in [0.2, 0.25) is 0 Å². The topological polar surface area (TPSA) is 55.8 Å². The van der Waals surface area contributed by atoms with Gasteiger partial charge >= 0.3 is 0 Å². The SMILES string of the molecule is O=S(=O)(CCCC1C2CCCN1OC2CCOCc1ccccc1)c1ccccc1. The van der Waals surface area contributed by atoms with E-state index in [0.717, 1.165) is 32.2 Å². The molecule has 162 valence electrons. The molecule has 0 saturated carbocycles. The van der Waals surface area contributed by atoms with Crippen molar-refractivity contribution < 1.29 is 18.0 Å². The number of hydrogen-bond acceptors (Lipinski definition) is 5. The molecule has 4 unspecified atom stereocenters. The number of nitrogens with zero attached hydrogens (tertiary/aromatic N) is 1. The molecule has 2 bridgehead atoms. The fourth-order valence-electron chi connectivity index (χ4n) is 4.69. The molecule has 0 spiro atoms. The minimum Gasteiger partial charge on any atom is -0.377 e. The number of fused-ring (bicyclic) bond motifs is 2. The second kappa shape index (κ2) is 10.1. The zero-order chi connectivity index (χ0) is 20.8. The van der Waals surface area contributed by atoms with Crippen LogP contribution in [-0.2, 0) is 26.0 Å². The Morgan fingerprint density at radius 2 is 1.73 bits per heavy atom. The van der Waals surface area contributed by atoms with E-state index in [1.54, 1.807) is 24.3 Å². The van der Waals surface area contributed by atoms with Gasteiger partial charge in [0.05, 0.1) is 23.4 Å². The highest BCUT2D eigenvalue weighted by molar-refractivity contribution is 7.91. The van der Waals surface area contributed by atoms with Crippen LogP contribution in [0.15, 0.2) is 65.6 Å². The van der Waals surface area contributed by atoms with Gasteiger partial charge in [-0.2, -0.15) is 5.06 Å². The zero-order valence-electron chi connectivity index (χ0n) is 17.4. The van der Waals surface area contributed by atoms with Crippen LogP contribution in [-0.4, -0.2) is 44.5 Å². The first kappa shape index (κ1) is 21.5. The van der Waals surface area contributed by atoms with Crippen LogP contribution in [0.5, 0.6) is 0 Å². The van der Waals surface area contributed by atoms with Crippen LogP contribution in [0, 0.1) is 5.92 Å². The molecule has 2 aliphatic heterocycles. The first-order valence-electron chi connectivity index (χ1n) is 11.0. The Morgan fingerprint density at radius 3 is 2.50 bits per heavy atom. The Morgan fingerprint density at radius 1 is 1.00 bits per heavy atom. The lowest BCUT2D eigenvalue weighted by atomic mass is 9.84. The van der Waals surface area contributed by atoms with E-state index in [1.807, 2.05) is 24.3 Å². The number of ether oxygens (including phenoxy) is 1. The fourth-order valence-corrected chi connectivity index (χ4v) is 6.04. The van der Waals surface area contributed by atoms with E-state index in [9.17, 15) is 8.42 Å². The summed E-state index contributed by atoms with van der Waals surface area (Å²) in [6.45, 7) is 2.25. The van der Waals surface area contributed by atoms with Crippen LogP contribution >= 0.6 is 0 Å². The summed E-state index contributed by atoms with van der Waals surface area (Å²) >= 11 is 0. The summed E-state index contributed by atoms with van der Waals surface area (Å²) < 4.78 is 31.0. The summed E-state index contributed by atoms with van der Waals surface area (Å²) in [5.41, 5.74) is 1.19. The van der Waals surface area contributed by atoms with Crippen molar-refractivity contribution >= 4 is 9.84 Å². The van der Waals surface area contributed by atoms with Gasteiger partial charge in [-0.3, -0.25) is 4.84 Å². The second-order valence-electron chi connectivity index (χ2n) is 8.26. The summed E-state index contributed by atoms with van der Waals surface area (Å²) in [6, 6.07) is 19.3. The summed E-state index contributed by atoms with van der Waals surface area (Å²) in [5.74, 6) is 0.664. The minimum absolute atomic E-state index is 0.180. The molecule has 0 aromatic heterocycles. The normalized spacial score (nSPS) is 26.0. The Hall–Kier alpha value is -1.73. The largest absolute Gasteiger partial charge is 0.377 e. The van der Waals surface area contributed by atoms with Crippen LogP contribution in [0.25, 0.3) is 0 Å². The molecule has 0 N–H and O–H groups in total. The molecule has 5 nitrogen and oxygen atoms in total. The summed E-state index contributed by atoms with van der Waals surface area (Å²) in [6.07, 6.45) is 4.88. The highest BCUT2D eigenvalue weighted by atomic mass is 32.2. The smallest absolute Gasteiger partial charge is 0.178 e. The van der Waals surface area contributed by atoms with Gasteiger partial charge in [-0.15, -0.1) is 0 Å². The minimum atomic E-state index is -3.21. The third-order valence-corrected chi connectivity index (χ3v) is 8.02. The van der Waals surface area contributed by atoms with Crippen molar-refractivity contribution in [3.8, 4) is 0 Å². The Balaban J connectivity index is 1.24. The van der Waals surface area contributed by atoms with E-state index in [4.69, 9.17) is 9.57 Å². The van der Waals surface area contributed by atoms with E-state index in [0.29, 0.717) is 36.5 Å². The van der Waals surface area contributed by atoms with E-state index in [-0.39, 0.29) is 11.9 Å². The monoisotopic (exact) mass is 429 g/mol. The van der Waals surface area contributed by atoms with E-state index < -0.39 is 9.84 Å². The van der Waals surface area contributed by atoms with E-state index in [2.05, 4.69) is 17.2 Å². The van der Waals surface area contributed by atoms with Gasteiger partial charge in [0.1, 0.15) is 0 Å². The lowest BCUT2D eigenvalue weighted by Gasteiger charge is -2.30. The van der Waals surface area contributed by atoms with Crippen molar-refractivity contribution in [1.29, 1.82) is 0 Å². The highest BCUT2D eigenvalue weighted by Gasteiger charge is 2.44. The molecular formula is C24H31NO4S. The summed E-state index contributed by atoms with van der Waals surface area (Å²) in [4.78, 5) is 6.64. The van der Waals surface area contributed by atoms with Crippen molar-refractivity contribution in [2.24, 2.45) is 5.92 Å². The van der Waals surface area contributed by atoms with Crippen molar-refractivity contribution in [2.45, 2.75) is 55.8 Å². The van der Waals surface area contributed by atoms with Crippen LogP contribution in [0.4, 0.5) is 0 Å². The van der Waals surface area contributed by atoms with Gasteiger partial charge in [-0.05, 0) is 49.8 Å². The van der Waals surface area contributed by atoms with Gasteiger partial charge in [0.15, 0.2) is 9.84 Å². The van der Waals surface area contributed by atoms with E-state index >= 15 is 0 Å². The highest BCUT2D eigenvalue weighted by Crippen LogP contribution is 2.39. The quantitative estimate of drug-likeness (QED) is 0.529. The first-order valence-corrected chi connectivity index (χ1v) is 12.6. The molecule has 0 radical (unpaired) electrons. The van der Waals surface area contributed by atoms with Crippen molar-refractivity contribution in [3.63, 3.8) is 0 Å². The number of benzene rings is 2. The Kier molecular flexibility index (Phi) is 7.20. The lowest BCUT2D eigenvalue weighted by molar-refractivity contribution is -0.165. The maximum atomic E-state index is 12.5. The number of rotatable bonds is 10. The van der Waals surface area contributed by atoms with Gasteiger partial charge in [-0.1, -0.05) is 48.5 Å². The molecule has 6 heteroatoms. The average Bonchev–Trinajstić information content (AvgIpc) is 2.95. The molecular weight excluding hydrogens is 398 g/mol. The standard InChI is InChI=1S/C24H31NO4S/c26-30(27,21-11-5-2-6-12-21)18-8-14-23-22-13-7-16-25(23)29-24(22)15-17-28-19-20-9-3-1-4-10-20/h1-6,9-12,22-24H,7-8,13-19H2. The molecule has 0 aliphatic carbocycles. The van der Waals surface area contributed by atoms with Crippen LogP contribution < -0.4 is 0 Å². The van der Waals surface area contributed by atoms with Crippen LogP contribution in [0.1, 0.15) is 37.7 Å². The van der Waals surface area contributed by atoms with E-state index in [1.165, 1.54) is 5.56 Å². The maximum Gasteiger partial charge on any atom is 0.178 e. The predicted molar refractivity (Wildman–Crippen MR) is 117 cm³/mol. The molecule has 4 atom stereocenters. The molecule has 30 heavy (non-hydrogen) atoms. The van der Waals surface area contributed by atoms with Gasteiger partial charge in [0.2, 0.25) is 0 Å². The molecule has 4 rings (SSSR count). The van der Waals surface area contributed by atoms with Crippen molar-refractivity contribution in [3.05, 3.63) is 66.2 Å². The van der Waals surface area contributed by atoms with Gasteiger partial charge in [0, 0.05) is 25.1 Å². The van der Waals surface area contributed by atoms with Gasteiger partial charge in [0.25, 0.3) is 0 Å². The van der Waals surface area contributed by atoms with Gasteiger partial charge < -0.3 is 4.74 Å². The molecule has 2 aliphatic rings.